The van der Waals surface area contributed by atoms with Crippen LogP contribution in [0.3, 0.4) is 0 Å². The molecule has 0 aliphatic heterocycles. The van der Waals surface area contributed by atoms with E-state index in [0.29, 0.717) is 19.5 Å². The molecule has 0 bridgehead atoms. The molecule has 0 spiro atoms. The zero-order valence-electron chi connectivity index (χ0n) is 10.6. The zero-order chi connectivity index (χ0) is 13.6. The zero-order valence-corrected chi connectivity index (χ0v) is 11.4. The number of hydrogen-bond donors (Lipinski definition) is 2. The van der Waals surface area contributed by atoms with Crippen LogP contribution in [-0.2, 0) is 15.0 Å². The highest BCUT2D eigenvalue weighted by Gasteiger charge is 2.29. The summed E-state index contributed by atoms with van der Waals surface area (Å²) in [5.74, 6) is -0.672. The lowest BCUT2D eigenvalue weighted by atomic mass is 10.4. The Balaban J connectivity index is 4.88. The molecule has 4 N–H and O–H groups in total. The molecular weight excluding hydrogens is 244 g/mol. The normalized spacial score (nSPS) is 12.6. The predicted molar refractivity (Wildman–Crippen MR) is 66.3 cm³/mol. The van der Waals surface area contributed by atoms with Crippen LogP contribution < -0.4 is 11.5 Å². The molecule has 8 heteroatoms. The van der Waals surface area contributed by atoms with Crippen molar-refractivity contribution in [1.82, 2.24) is 8.61 Å². The van der Waals surface area contributed by atoms with E-state index < -0.39 is 16.1 Å². The first-order valence-electron chi connectivity index (χ1n) is 5.45. The molecule has 17 heavy (non-hydrogen) atoms. The Morgan fingerprint density at radius 1 is 1.35 bits per heavy atom. The van der Waals surface area contributed by atoms with Crippen LogP contribution in [0.15, 0.2) is 0 Å². The van der Waals surface area contributed by atoms with E-state index in [4.69, 9.17) is 11.5 Å². The van der Waals surface area contributed by atoms with Crippen molar-refractivity contribution in [1.29, 1.82) is 0 Å². The number of hydrogen-bond acceptors (Lipinski definition) is 4. The van der Waals surface area contributed by atoms with Gasteiger partial charge in [0.15, 0.2) is 0 Å². The highest BCUT2D eigenvalue weighted by Crippen LogP contribution is 2.10. The summed E-state index contributed by atoms with van der Waals surface area (Å²) >= 11 is 0. The lowest BCUT2D eigenvalue weighted by molar-refractivity contribution is -0.118. The molecule has 0 atom stereocenters. The monoisotopic (exact) mass is 266 g/mol. The molecular formula is C9H22N4O3S. The van der Waals surface area contributed by atoms with Gasteiger partial charge in [-0.1, -0.05) is 0 Å². The Morgan fingerprint density at radius 2 is 1.88 bits per heavy atom. The fourth-order valence-electron chi connectivity index (χ4n) is 1.29. The van der Waals surface area contributed by atoms with E-state index in [-0.39, 0.29) is 12.6 Å². The van der Waals surface area contributed by atoms with Crippen molar-refractivity contribution in [2.75, 3.05) is 26.7 Å². The third kappa shape index (κ3) is 4.99. The second-order valence-corrected chi connectivity index (χ2v) is 6.06. The van der Waals surface area contributed by atoms with Crippen LogP contribution in [0.5, 0.6) is 0 Å². The fraction of sp³-hybridized carbons (Fsp3) is 0.889. The van der Waals surface area contributed by atoms with Gasteiger partial charge in [-0.15, -0.1) is 0 Å². The maximum Gasteiger partial charge on any atom is 0.282 e. The van der Waals surface area contributed by atoms with Gasteiger partial charge in [-0.25, -0.2) is 0 Å². The summed E-state index contributed by atoms with van der Waals surface area (Å²) in [6.07, 6.45) is 0.568. The van der Waals surface area contributed by atoms with E-state index in [0.717, 1.165) is 4.31 Å². The number of carbonyl (C=O) groups is 1. The molecule has 7 nitrogen and oxygen atoms in total. The molecule has 1 amide bonds. The summed E-state index contributed by atoms with van der Waals surface area (Å²) in [7, 11) is -2.20. The van der Waals surface area contributed by atoms with E-state index in [1.807, 2.05) is 0 Å². The van der Waals surface area contributed by atoms with Gasteiger partial charge in [-0.2, -0.15) is 17.0 Å². The Morgan fingerprint density at radius 3 is 2.24 bits per heavy atom. The minimum absolute atomic E-state index is 0.313. The van der Waals surface area contributed by atoms with Crippen LogP contribution in [0.2, 0.25) is 0 Å². The molecule has 0 aromatic heterocycles. The maximum atomic E-state index is 12.1. The van der Waals surface area contributed by atoms with Crippen molar-refractivity contribution in [3.8, 4) is 0 Å². The average molecular weight is 266 g/mol. The standard InChI is InChI=1S/C9H22N4O3S/c1-8(2)13(7-9(11)14)17(15,16)12(3)6-4-5-10/h8H,4-7,10H2,1-3H3,(H2,11,14). The SMILES string of the molecule is CC(C)N(CC(N)=O)S(=O)(=O)N(C)CCCN. The minimum Gasteiger partial charge on any atom is -0.369 e. The number of primary amides is 1. The molecule has 0 aromatic carbocycles. The van der Waals surface area contributed by atoms with Crippen molar-refractivity contribution < 1.29 is 13.2 Å². The molecule has 0 rings (SSSR count). The van der Waals surface area contributed by atoms with E-state index in [1.165, 1.54) is 11.4 Å². The molecule has 0 unspecified atom stereocenters. The largest absolute Gasteiger partial charge is 0.369 e. The number of carbonyl (C=O) groups excluding carboxylic acids is 1. The second kappa shape index (κ2) is 6.90. The summed E-state index contributed by atoms with van der Waals surface area (Å²) in [5.41, 5.74) is 10.4. The summed E-state index contributed by atoms with van der Waals surface area (Å²) in [4.78, 5) is 10.9. The molecule has 0 saturated heterocycles. The average Bonchev–Trinajstić information content (AvgIpc) is 2.21. The van der Waals surface area contributed by atoms with Crippen molar-refractivity contribution in [2.24, 2.45) is 11.5 Å². The van der Waals surface area contributed by atoms with Crippen molar-refractivity contribution in [2.45, 2.75) is 26.3 Å². The van der Waals surface area contributed by atoms with Crippen LogP contribution >= 0.6 is 0 Å². The molecule has 0 heterocycles. The quantitative estimate of drug-likeness (QED) is 0.569. The summed E-state index contributed by atoms with van der Waals surface area (Å²) in [6.45, 7) is 3.81. The molecule has 102 valence electrons. The third-order valence-electron chi connectivity index (χ3n) is 2.25. The van der Waals surface area contributed by atoms with Crippen LogP contribution in [0.1, 0.15) is 20.3 Å². The van der Waals surface area contributed by atoms with Crippen LogP contribution in [0.25, 0.3) is 0 Å². The topological polar surface area (TPSA) is 110 Å². The van der Waals surface area contributed by atoms with E-state index >= 15 is 0 Å². The Bertz CT molecular complexity index is 342. The first kappa shape index (κ1) is 16.3. The number of amides is 1. The number of nitrogens with zero attached hydrogens (tertiary/aromatic N) is 2. The first-order valence-corrected chi connectivity index (χ1v) is 6.84. The van der Waals surface area contributed by atoms with Crippen molar-refractivity contribution in [3.63, 3.8) is 0 Å². The lowest BCUT2D eigenvalue weighted by Crippen LogP contribution is -2.49. The minimum atomic E-state index is -3.66. The second-order valence-electron chi connectivity index (χ2n) is 4.08. The van der Waals surface area contributed by atoms with Gasteiger partial charge in [0.05, 0.1) is 6.54 Å². The molecule has 0 aliphatic carbocycles. The van der Waals surface area contributed by atoms with E-state index in [9.17, 15) is 13.2 Å². The van der Waals surface area contributed by atoms with Crippen molar-refractivity contribution in [3.05, 3.63) is 0 Å². The predicted octanol–water partition coefficient (Wildman–Crippen LogP) is -1.29. The summed E-state index contributed by atoms with van der Waals surface area (Å²) in [6, 6.07) is -0.326. The first-order chi connectivity index (χ1) is 7.73. The van der Waals surface area contributed by atoms with Gasteiger partial charge < -0.3 is 11.5 Å². The molecule has 0 fully saturated rings. The Kier molecular flexibility index (Phi) is 6.61. The van der Waals surface area contributed by atoms with Crippen LogP contribution in [-0.4, -0.2) is 55.7 Å². The van der Waals surface area contributed by atoms with Gasteiger partial charge in [0.1, 0.15) is 0 Å². The van der Waals surface area contributed by atoms with Gasteiger partial charge in [0.25, 0.3) is 10.2 Å². The lowest BCUT2D eigenvalue weighted by Gasteiger charge is -2.29. The van der Waals surface area contributed by atoms with Crippen LogP contribution in [0.4, 0.5) is 0 Å². The molecule has 0 aromatic rings. The third-order valence-corrected chi connectivity index (χ3v) is 4.37. The van der Waals surface area contributed by atoms with E-state index in [1.54, 1.807) is 13.8 Å². The Labute approximate surface area is 103 Å². The number of rotatable bonds is 8. The van der Waals surface area contributed by atoms with Gasteiger partial charge in [-0.05, 0) is 26.8 Å². The molecule has 0 saturated carbocycles. The van der Waals surface area contributed by atoms with Gasteiger partial charge in [0.2, 0.25) is 5.91 Å². The Hall–Kier alpha value is -0.700. The summed E-state index contributed by atoms with van der Waals surface area (Å²) < 4.78 is 26.5. The highest BCUT2D eigenvalue weighted by atomic mass is 32.2. The van der Waals surface area contributed by atoms with Crippen molar-refractivity contribution >= 4 is 16.1 Å². The molecule has 0 aliphatic rings. The smallest absolute Gasteiger partial charge is 0.282 e. The van der Waals surface area contributed by atoms with Gasteiger partial charge in [-0.3, -0.25) is 4.79 Å². The molecule has 0 radical (unpaired) electrons. The van der Waals surface area contributed by atoms with E-state index in [2.05, 4.69) is 0 Å². The maximum absolute atomic E-state index is 12.1. The fourth-order valence-corrected chi connectivity index (χ4v) is 2.83. The summed E-state index contributed by atoms with van der Waals surface area (Å²) in [5, 5.41) is 0. The highest BCUT2D eigenvalue weighted by molar-refractivity contribution is 7.86. The van der Waals surface area contributed by atoms with Crippen LogP contribution in [0, 0.1) is 0 Å². The van der Waals surface area contributed by atoms with Gasteiger partial charge in [0, 0.05) is 19.6 Å². The van der Waals surface area contributed by atoms with Gasteiger partial charge >= 0.3 is 0 Å². The number of nitrogens with two attached hydrogens (primary N) is 2.